The lowest BCUT2D eigenvalue weighted by Crippen LogP contribution is -2.42. The van der Waals surface area contributed by atoms with Gasteiger partial charge in [0.15, 0.2) is 5.78 Å². The number of hydrogen-bond acceptors (Lipinski definition) is 5. The molecule has 0 bridgehead atoms. The number of rotatable bonds is 5. The molecular weight excluding hydrogens is 569 g/mol. The summed E-state index contributed by atoms with van der Waals surface area (Å²) in [5, 5.41) is 11.3. The van der Waals surface area contributed by atoms with Crippen molar-refractivity contribution >= 4 is 46.4 Å². The summed E-state index contributed by atoms with van der Waals surface area (Å²) in [5.74, 6) is 0.523. The summed E-state index contributed by atoms with van der Waals surface area (Å²) >= 11 is 14.9. The number of Topliss-reactive ketones (excluding diaryl/α,β-unsaturated/α-hetero) is 1. The molecule has 1 aliphatic carbocycles. The summed E-state index contributed by atoms with van der Waals surface area (Å²) in [4.78, 5) is 17.1. The lowest BCUT2D eigenvalue weighted by molar-refractivity contribution is -0.118. The van der Waals surface area contributed by atoms with Crippen molar-refractivity contribution in [3.63, 3.8) is 0 Å². The third-order valence-corrected chi connectivity index (χ3v) is 10.1. The highest BCUT2D eigenvalue weighted by atomic mass is 35.5. The Hall–Kier alpha value is -3.17. The van der Waals surface area contributed by atoms with E-state index in [9.17, 15) is 10.1 Å². The van der Waals surface area contributed by atoms with Crippen LogP contribution in [0.25, 0.3) is 0 Å². The number of hydrogen-bond donors (Lipinski definition) is 1. The predicted octanol–water partition coefficient (Wildman–Crippen LogP) is 9.15. The first-order chi connectivity index (χ1) is 19.4. The summed E-state index contributed by atoms with van der Waals surface area (Å²) in [6.45, 7) is 10.4. The summed E-state index contributed by atoms with van der Waals surface area (Å²) in [6.07, 6.45) is 0.993. The number of aryl methyl sites for hydroxylation is 2. The molecule has 3 aromatic carbocycles. The lowest BCUT2D eigenvalue weighted by atomic mass is 9.68. The lowest BCUT2D eigenvalue weighted by Gasteiger charge is -2.44. The Morgan fingerprint density at radius 3 is 2.51 bits per heavy atom. The van der Waals surface area contributed by atoms with E-state index >= 15 is 0 Å². The molecule has 5 rings (SSSR count). The van der Waals surface area contributed by atoms with Crippen molar-refractivity contribution in [3.05, 3.63) is 115 Å². The van der Waals surface area contributed by atoms with Crippen molar-refractivity contribution in [1.82, 2.24) is 0 Å². The number of allylic oxidation sites excluding steroid dienone is 3. The smallest absolute Gasteiger partial charge is 0.162 e. The van der Waals surface area contributed by atoms with Crippen LogP contribution in [0.15, 0.2) is 82.2 Å². The monoisotopic (exact) mass is 601 g/mol. The van der Waals surface area contributed by atoms with Crippen molar-refractivity contribution in [2.75, 3.05) is 4.90 Å². The number of benzene rings is 3. The van der Waals surface area contributed by atoms with Gasteiger partial charge in [0.2, 0.25) is 0 Å². The van der Waals surface area contributed by atoms with E-state index in [4.69, 9.17) is 28.9 Å². The van der Waals surface area contributed by atoms with Gasteiger partial charge >= 0.3 is 0 Å². The molecule has 2 N–H and O–H groups in total. The molecule has 210 valence electrons. The number of carbonyl (C=O) groups is 1. The van der Waals surface area contributed by atoms with Crippen LogP contribution in [0.4, 0.5) is 5.69 Å². The Morgan fingerprint density at radius 2 is 1.80 bits per heavy atom. The topological polar surface area (TPSA) is 70.1 Å². The van der Waals surface area contributed by atoms with Crippen LogP contribution < -0.4 is 10.6 Å². The quantitative estimate of drug-likeness (QED) is 0.295. The maximum Gasteiger partial charge on any atom is 0.162 e. The highest BCUT2D eigenvalue weighted by molar-refractivity contribution is 7.98. The number of nitrogens with two attached hydrogens (primary N) is 1. The molecule has 0 aromatic heterocycles. The van der Waals surface area contributed by atoms with Gasteiger partial charge in [-0.05, 0) is 73.1 Å². The highest BCUT2D eigenvalue weighted by Gasteiger charge is 2.45. The molecule has 1 unspecified atom stereocenters. The summed E-state index contributed by atoms with van der Waals surface area (Å²) < 4.78 is 0. The van der Waals surface area contributed by atoms with E-state index in [-0.39, 0.29) is 17.0 Å². The van der Waals surface area contributed by atoms with Crippen LogP contribution in [0.5, 0.6) is 0 Å². The third kappa shape index (κ3) is 5.42. The molecule has 7 heteroatoms. The van der Waals surface area contributed by atoms with E-state index in [2.05, 4.69) is 71.0 Å². The van der Waals surface area contributed by atoms with Crippen LogP contribution in [-0.4, -0.2) is 5.78 Å². The first kappa shape index (κ1) is 29.3. The van der Waals surface area contributed by atoms with E-state index in [1.54, 1.807) is 28.8 Å². The average Bonchev–Trinajstić information content (AvgIpc) is 2.90. The molecule has 0 fully saturated rings. The van der Waals surface area contributed by atoms with E-state index in [1.807, 2.05) is 12.1 Å². The average molecular weight is 603 g/mol. The fourth-order valence-electron chi connectivity index (χ4n) is 6.05. The molecule has 0 spiro atoms. The zero-order valence-electron chi connectivity index (χ0n) is 23.9. The van der Waals surface area contributed by atoms with Gasteiger partial charge in [0.1, 0.15) is 5.82 Å². The van der Waals surface area contributed by atoms with Crippen LogP contribution >= 0.6 is 35.0 Å². The number of thioether (sulfide) groups is 1. The molecular formula is C34H33Cl2N3OS. The second-order valence-electron chi connectivity index (χ2n) is 11.7. The van der Waals surface area contributed by atoms with Crippen LogP contribution in [0, 0.1) is 37.5 Å². The van der Waals surface area contributed by atoms with Crippen molar-refractivity contribution in [3.8, 4) is 6.07 Å². The van der Waals surface area contributed by atoms with Gasteiger partial charge in [-0.25, -0.2) is 0 Å². The molecule has 0 amide bonds. The molecule has 4 nitrogen and oxygen atoms in total. The van der Waals surface area contributed by atoms with Crippen LogP contribution in [0.1, 0.15) is 60.4 Å². The first-order valence-corrected chi connectivity index (χ1v) is 15.4. The van der Waals surface area contributed by atoms with Gasteiger partial charge in [0.25, 0.3) is 0 Å². The predicted molar refractivity (Wildman–Crippen MR) is 170 cm³/mol. The Bertz CT molecular complexity index is 1680. The largest absolute Gasteiger partial charge is 0.384 e. The molecule has 2 aliphatic rings. The minimum absolute atomic E-state index is 0.0291. The van der Waals surface area contributed by atoms with E-state index in [0.29, 0.717) is 39.7 Å². The van der Waals surface area contributed by atoms with E-state index in [1.165, 1.54) is 16.0 Å². The van der Waals surface area contributed by atoms with Crippen molar-refractivity contribution < 1.29 is 4.79 Å². The SMILES string of the molecule is Cc1cc(CSc2ccccc2C)c(C)c(C2C(C#N)=C(N)N(c3cccc(Cl)c3Cl)C3=C2C(=O)CC(C)(C)C3)c1. The standard InChI is InChI=1S/C34H33Cl2N3OS/c1-19-13-22(18-41-29-12-7-6-9-20(29)2)21(3)23(14-19)30-24(17-37)33(38)39(26-11-8-10-25(35)32(26)36)27-15-34(4,5)16-28(40)31(27)30/h6-14,30H,15-16,18,38H2,1-5H3. The number of anilines is 1. The molecule has 41 heavy (non-hydrogen) atoms. The number of halogens is 2. The highest BCUT2D eigenvalue weighted by Crippen LogP contribution is 2.52. The Labute approximate surface area is 256 Å². The van der Waals surface area contributed by atoms with E-state index in [0.717, 1.165) is 28.1 Å². The number of ketones is 1. The van der Waals surface area contributed by atoms with Crippen molar-refractivity contribution in [2.45, 2.75) is 64.0 Å². The van der Waals surface area contributed by atoms with Crippen LogP contribution in [0.2, 0.25) is 10.0 Å². The minimum Gasteiger partial charge on any atom is -0.384 e. The normalized spacial score (nSPS) is 18.4. The zero-order chi connectivity index (χ0) is 29.6. The fraction of sp³-hybridized carbons (Fsp3) is 0.294. The number of carbonyl (C=O) groups excluding carboxylic acids is 1. The maximum absolute atomic E-state index is 14.0. The number of nitriles is 1. The zero-order valence-corrected chi connectivity index (χ0v) is 26.3. The van der Waals surface area contributed by atoms with Crippen LogP contribution in [0.3, 0.4) is 0 Å². The second kappa shape index (κ2) is 11.2. The third-order valence-electron chi connectivity index (χ3n) is 8.04. The Balaban J connectivity index is 1.70. The second-order valence-corrected chi connectivity index (χ2v) is 13.5. The summed E-state index contributed by atoms with van der Waals surface area (Å²) in [7, 11) is 0. The van der Waals surface area contributed by atoms with Gasteiger partial charge in [0, 0.05) is 28.3 Å². The molecule has 0 saturated carbocycles. The minimum atomic E-state index is -0.560. The fourth-order valence-corrected chi connectivity index (χ4v) is 7.51. The van der Waals surface area contributed by atoms with Gasteiger partial charge in [-0.3, -0.25) is 9.69 Å². The van der Waals surface area contributed by atoms with Gasteiger partial charge in [-0.2, -0.15) is 5.26 Å². The van der Waals surface area contributed by atoms with Crippen LogP contribution in [-0.2, 0) is 10.5 Å². The van der Waals surface area contributed by atoms with Crippen molar-refractivity contribution in [2.24, 2.45) is 11.1 Å². The maximum atomic E-state index is 14.0. The molecule has 1 heterocycles. The van der Waals surface area contributed by atoms with Gasteiger partial charge in [0.05, 0.1) is 33.3 Å². The Kier molecular flexibility index (Phi) is 8.05. The first-order valence-electron chi connectivity index (χ1n) is 13.6. The molecule has 1 aliphatic heterocycles. The van der Waals surface area contributed by atoms with Gasteiger partial charge in [-0.1, -0.05) is 79.0 Å². The van der Waals surface area contributed by atoms with Gasteiger partial charge < -0.3 is 5.73 Å². The molecule has 0 saturated heterocycles. The van der Waals surface area contributed by atoms with Gasteiger partial charge in [-0.15, -0.1) is 11.8 Å². The molecule has 0 radical (unpaired) electrons. The Morgan fingerprint density at radius 1 is 1.07 bits per heavy atom. The van der Waals surface area contributed by atoms with Crippen molar-refractivity contribution in [1.29, 1.82) is 5.26 Å². The molecule has 1 atom stereocenters. The summed E-state index contributed by atoms with van der Waals surface area (Å²) in [5.41, 5.74) is 14.4. The summed E-state index contributed by atoms with van der Waals surface area (Å²) in [6, 6.07) is 20.4. The number of nitrogens with zero attached hydrogens (tertiary/aromatic N) is 2. The van der Waals surface area contributed by atoms with E-state index < -0.39 is 5.92 Å². The molecule has 3 aromatic rings.